The second-order valence-corrected chi connectivity index (χ2v) is 9.79. The van der Waals surface area contributed by atoms with E-state index in [1.807, 2.05) is 0 Å². The van der Waals surface area contributed by atoms with Gasteiger partial charge in [0.15, 0.2) is 9.84 Å². The monoisotopic (exact) mass is 392 g/mol. The van der Waals surface area contributed by atoms with E-state index in [1.165, 1.54) is 26.0 Å². The number of hydrogen-bond acceptors (Lipinski definition) is 7. The summed E-state index contributed by atoms with van der Waals surface area (Å²) in [6.45, 7) is 2.46. The highest BCUT2D eigenvalue weighted by molar-refractivity contribution is 7.93. The molecule has 4 rings (SSSR count). The zero-order valence-corrected chi connectivity index (χ0v) is 15.6. The van der Waals surface area contributed by atoms with Gasteiger partial charge >= 0.3 is 5.97 Å². The van der Waals surface area contributed by atoms with Gasteiger partial charge in [0.05, 0.1) is 24.7 Å². The first kappa shape index (κ1) is 17.7. The maximum atomic E-state index is 13.1. The van der Waals surface area contributed by atoms with Crippen LogP contribution in [-0.4, -0.2) is 64.8 Å². The van der Waals surface area contributed by atoms with Crippen molar-refractivity contribution >= 4 is 33.5 Å². The number of imide groups is 1. The number of carbonyl (C=O) groups excluding carboxylic acids is 4. The molecule has 142 valence electrons. The summed E-state index contributed by atoms with van der Waals surface area (Å²) in [6.07, 6.45) is -0.312. The Bertz CT molecular complexity index is 1010. The number of amides is 3. The van der Waals surface area contributed by atoms with Crippen LogP contribution in [0.25, 0.3) is 0 Å². The van der Waals surface area contributed by atoms with Crippen LogP contribution in [0.1, 0.15) is 41.0 Å². The number of benzene rings is 1. The highest BCUT2D eigenvalue weighted by atomic mass is 32.2. The highest BCUT2D eigenvalue weighted by Gasteiger charge is 2.81. The molecule has 3 heterocycles. The van der Waals surface area contributed by atoms with Crippen molar-refractivity contribution in [3.63, 3.8) is 0 Å². The fourth-order valence-corrected chi connectivity index (χ4v) is 6.55. The van der Waals surface area contributed by atoms with E-state index in [0.717, 1.165) is 12.0 Å². The fraction of sp³-hybridized carbons (Fsp3) is 0.412. The predicted octanol–water partition coefficient (Wildman–Crippen LogP) is -0.0827. The molecule has 1 aromatic rings. The van der Waals surface area contributed by atoms with Crippen LogP contribution in [0.4, 0.5) is 0 Å². The number of rotatable bonds is 2. The molecule has 3 aliphatic rings. The van der Waals surface area contributed by atoms with Gasteiger partial charge < -0.3 is 4.74 Å². The molecule has 0 spiro atoms. The van der Waals surface area contributed by atoms with Crippen molar-refractivity contribution in [2.45, 2.75) is 36.1 Å². The van der Waals surface area contributed by atoms with Crippen LogP contribution in [0.5, 0.6) is 0 Å². The molecule has 27 heavy (non-hydrogen) atoms. The van der Waals surface area contributed by atoms with Crippen molar-refractivity contribution in [3.05, 3.63) is 35.4 Å². The standard InChI is InChI=1S/C17H16N2O7S/c1-16(2)17(15(23)26-3,18-11(20)8-12(18)27(16,24)25)19-13(21)9-6-4-5-7-10(9)14(19)22/h4-7,12H,8H2,1-3H3/t12-,17-/m1/s1. The van der Waals surface area contributed by atoms with E-state index in [-0.39, 0.29) is 17.5 Å². The van der Waals surface area contributed by atoms with Crippen LogP contribution in [0, 0.1) is 0 Å². The molecule has 9 nitrogen and oxygen atoms in total. The zero-order valence-electron chi connectivity index (χ0n) is 14.8. The van der Waals surface area contributed by atoms with Gasteiger partial charge in [0, 0.05) is 0 Å². The summed E-state index contributed by atoms with van der Waals surface area (Å²) in [4.78, 5) is 52.9. The lowest BCUT2D eigenvalue weighted by Crippen LogP contribution is -2.76. The number of ether oxygens (including phenoxy) is 1. The molecule has 3 amide bonds. The third kappa shape index (κ3) is 1.63. The molecule has 2 atom stereocenters. The van der Waals surface area contributed by atoms with Gasteiger partial charge in [-0.2, -0.15) is 0 Å². The molecule has 2 fully saturated rings. The van der Waals surface area contributed by atoms with Gasteiger partial charge in [-0.1, -0.05) is 12.1 Å². The topological polar surface area (TPSA) is 118 Å². The average molecular weight is 392 g/mol. The van der Waals surface area contributed by atoms with Crippen LogP contribution in [0.2, 0.25) is 0 Å². The first-order chi connectivity index (χ1) is 12.5. The molecule has 0 radical (unpaired) electrons. The van der Waals surface area contributed by atoms with E-state index in [1.54, 1.807) is 12.1 Å². The molecule has 0 bridgehead atoms. The van der Waals surface area contributed by atoms with Gasteiger partial charge in [-0.15, -0.1) is 0 Å². The lowest BCUT2D eigenvalue weighted by Gasteiger charge is -2.49. The van der Waals surface area contributed by atoms with Crippen molar-refractivity contribution in [1.82, 2.24) is 9.80 Å². The molecular formula is C17H16N2O7S. The SMILES string of the molecule is COC(=O)[C@]1(N2C(=O)c3ccccc3C2=O)N2C(=O)C[C@H]2S(=O)(=O)C1(C)C. The molecule has 0 aliphatic carbocycles. The van der Waals surface area contributed by atoms with Gasteiger partial charge in [-0.3, -0.25) is 19.3 Å². The maximum absolute atomic E-state index is 13.1. The number of sulfone groups is 1. The summed E-state index contributed by atoms with van der Waals surface area (Å²) in [5, 5.41) is -1.29. The Hall–Kier alpha value is -2.75. The number of β-lactam (4-membered cyclic amide) rings is 1. The molecule has 10 heteroatoms. The number of hydrogen-bond donors (Lipinski definition) is 0. The summed E-state index contributed by atoms with van der Waals surface area (Å²) in [5.41, 5.74) is -2.33. The lowest BCUT2D eigenvalue weighted by atomic mass is 9.88. The molecule has 2 saturated heterocycles. The molecule has 1 aromatic carbocycles. The summed E-state index contributed by atoms with van der Waals surface area (Å²) >= 11 is 0. The normalized spacial score (nSPS) is 30.0. The van der Waals surface area contributed by atoms with Crippen LogP contribution in [0.15, 0.2) is 24.3 Å². The zero-order chi connectivity index (χ0) is 19.9. The molecule has 3 aliphatic heterocycles. The van der Waals surface area contributed by atoms with E-state index >= 15 is 0 Å². The van der Waals surface area contributed by atoms with E-state index in [0.29, 0.717) is 4.90 Å². The van der Waals surface area contributed by atoms with Gasteiger partial charge in [0.1, 0.15) is 10.1 Å². The molecular weight excluding hydrogens is 376 g/mol. The van der Waals surface area contributed by atoms with Crippen molar-refractivity contribution in [2.24, 2.45) is 0 Å². The second-order valence-electron chi connectivity index (χ2n) is 7.13. The largest absolute Gasteiger partial charge is 0.466 e. The first-order valence-electron chi connectivity index (χ1n) is 8.17. The Labute approximate surface area is 154 Å². The minimum Gasteiger partial charge on any atom is -0.466 e. The van der Waals surface area contributed by atoms with E-state index < -0.39 is 49.3 Å². The Kier molecular flexibility index (Phi) is 3.23. The van der Waals surface area contributed by atoms with Crippen LogP contribution >= 0.6 is 0 Å². The van der Waals surface area contributed by atoms with E-state index in [9.17, 15) is 27.6 Å². The summed E-state index contributed by atoms with van der Waals surface area (Å²) in [6, 6.07) is 5.91. The minimum absolute atomic E-state index is 0.0374. The van der Waals surface area contributed by atoms with Crippen LogP contribution < -0.4 is 0 Å². The molecule has 0 aromatic heterocycles. The van der Waals surface area contributed by atoms with Crippen LogP contribution in [-0.2, 0) is 24.2 Å². The number of esters is 1. The van der Waals surface area contributed by atoms with Crippen LogP contribution in [0.3, 0.4) is 0 Å². The van der Waals surface area contributed by atoms with Gasteiger partial charge in [0.2, 0.25) is 11.6 Å². The summed E-state index contributed by atoms with van der Waals surface area (Å²) in [7, 11) is -3.06. The van der Waals surface area contributed by atoms with E-state index in [2.05, 4.69) is 0 Å². The Morgan fingerprint density at radius 1 is 1.11 bits per heavy atom. The first-order valence-corrected chi connectivity index (χ1v) is 9.71. The van der Waals surface area contributed by atoms with Gasteiger partial charge in [-0.25, -0.2) is 18.1 Å². The predicted molar refractivity (Wildman–Crippen MR) is 89.9 cm³/mol. The van der Waals surface area contributed by atoms with Gasteiger partial charge in [-0.05, 0) is 26.0 Å². The number of nitrogens with zero attached hydrogens (tertiary/aromatic N) is 2. The fourth-order valence-electron chi connectivity index (χ4n) is 4.29. The smallest absolute Gasteiger partial charge is 0.355 e. The minimum atomic E-state index is -4.07. The molecule has 0 saturated carbocycles. The van der Waals surface area contributed by atoms with Crippen molar-refractivity contribution in [1.29, 1.82) is 0 Å². The van der Waals surface area contributed by atoms with Crippen molar-refractivity contribution < 1.29 is 32.3 Å². The Morgan fingerprint density at radius 3 is 2.07 bits per heavy atom. The maximum Gasteiger partial charge on any atom is 0.355 e. The van der Waals surface area contributed by atoms with Crippen molar-refractivity contribution in [3.8, 4) is 0 Å². The number of carbonyl (C=O) groups is 4. The summed E-state index contributed by atoms with van der Waals surface area (Å²) < 4.78 is 29.0. The Morgan fingerprint density at radius 2 is 1.63 bits per heavy atom. The lowest BCUT2D eigenvalue weighted by molar-refractivity contribution is -0.181. The third-order valence-corrected chi connectivity index (χ3v) is 8.55. The van der Waals surface area contributed by atoms with Crippen molar-refractivity contribution in [2.75, 3.05) is 7.11 Å². The highest BCUT2D eigenvalue weighted by Crippen LogP contribution is 2.55. The second kappa shape index (κ2) is 4.94. The van der Waals surface area contributed by atoms with Gasteiger partial charge in [0.25, 0.3) is 11.8 Å². The van der Waals surface area contributed by atoms with E-state index in [4.69, 9.17) is 4.74 Å². The third-order valence-electron chi connectivity index (χ3n) is 5.75. The number of fused-ring (bicyclic) bond motifs is 2. The Balaban J connectivity index is 2.05. The molecule has 0 N–H and O–H groups in total. The average Bonchev–Trinajstić information content (AvgIpc) is 2.92. The quantitative estimate of drug-likeness (QED) is 0.392. The number of methoxy groups -OCH3 is 1. The summed E-state index contributed by atoms with van der Waals surface area (Å²) in [5.74, 6) is -3.48. The molecule has 0 unspecified atom stereocenters.